The average molecular weight is 317 g/mol. The van der Waals surface area contributed by atoms with E-state index in [1.807, 2.05) is 36.4 Å². The number of nitriles is 1. The van der Waals surface area contributed by atoms with E-state index in [2.05, 4.69) is 21.5 Å². The first kappa shape index (κ1) is 15.4. The smallest absolute Gasteiger partial charge is 0.276 e. The predicted molar refractivity (Wildman–Crippen MR) is 88.8 cm³/mol. The number of benzene rings is 2. The van der Waals surface area contributed by atoms with Gasteiger partial charge >= 0.3 is 0 Å². The van der Waals surface area contributed by atoms with E-state index in [-0.39, 0.29) is 11.6 Å². The van der Waals surface area contributed by atoms with E-state index in [1.165, 1.54) is 0 Å². The summed E-state index contributed by atoms with van der Waals surface area (Å²) in [7, 11) is 1.70. The van der Waals surface area contributed by atoms with Crippen LogP contribution in [0.1, 0.15) is 21.6 Å². The highest BCUT2D eigenvalue weighted by molar-refractivity contribution is 5.97. The third-order valence-corrected chi connectivity index (χ3v) is 3.62. The topological polar surface area (TPSA) is 85.7 Å². The number of nitrogens with zero attached hydrogens (tertiary/aromatic N) is 4. The second kappa shape index (κ2) is 6.75. The Labute approximate surface area is 139 Å². The fourth-order valence-electron chi connectivity index (χ4n) is 2.44. The van der Waals surface area contributed by atoms with E-state index in [4.69, 9.17) is 5.26 Å². The van der Waals surface area contributed by atoms with E-state index in [9.17, 15) is 4.79 Å². The summed E-state index contributed by atoms with van der Waals surface area (Å²) in [6, 6.07) is 18.7. The van der Waals surface area contributed by atoms with Crippen molar-refractivity contribution >= 4 is 5.91 Å². The number of amides is 1. The van der Waals surface area contributed by atoms with Gasteiger partial charge < -0.3 is 4.90 Å². The summed E-state index contributed by atoms with van der Waals surface area (Å²) in [5.74, 6) is -0.232. The summed E-state index contributed by atoms with van der Waals surface area (Å²) in [5.41, 5.74) is 3.09. The van der Waals surface area contributed by atoms with Crippen LogP contribution in [-0.2, 0) is 6.54 Å². The Kier molecular flexibility index (Phi) is 4.34. The Hall–Kier alpha value is -3.46. The number of rotatable bonds is 4. The second-order valence-corrected chi connectivity index (χ2v) is 5.36. The van der Waals surface area contributed by atoms with Crippen LogP contribution in [0.5, 0.6) is 0 Å². The lowest BCUT2D eigenvalue weighted by molar-refractivity contribution is 0.0780. The summed E-state index contributed by atoms with van der Waals surface area (Å²) >= 11 is 0. The van der Waals surface area contributed by atoms with Crippen molar-refractivity contribution < 1.29 is 4.79 Å². The monoisotopic (exact) mass is 317 g/mol. The average Bonchev–Trinajstić information content (AvgIpc) is 3.11. The SMILES string of the molecule is CN(Cc1cccc(C#N)c1)C(=O)c1n[nH]nc1-c1ccccc1. The minimum absolute atomic E-state index is 0.232. The molecule has 3 aromatic rings. The lowest BCUT2D eigenvalue weighted by Gasteiger charge is -2.16. The zero-order valence-electron chi connectivity index (χ0n) is 13.1. The maximum atomic E-state index is 12.7. The predicted octanol–water partition coefficient (Wildman–Crippen LogP) is 2.62. The molecule has 0 bridgehead atoms. The molecule has 1 heterocycles. The fourth-order valence-corrected chi connectivity index (χ4v) is 2.44. The molecule has 0 aliphatic heterocycles. The maximum absolute atomic E-state index is 12.7. The number of carbonyl (C=O) groups excluding carboxylic acids is 1. The summed E-state index contributed by atoms with van der Waals surface area (Å²) in [6.45, 7) is 0.384. The van der Waals surface area contributed by atoms with Crippen molar-refractivity contribution in [3.05, 3.63) is 71.4 Å². The number of nitrogens with one attached hydrogen (secondary N) is 1. The van der Waals surface area contributed by atoms with Crippen molar-refractivity contribution in [2.24, 2.45) is 0 Å². The van der Waals surface area contributed by atoms with E-state index in [1.54, 1.807) is 30.1 Å². The third kappa shape index (κ3) is 3.15. The number of H-pyrrole nitrogens is 1. The molecule has 0 radical (unpaired) electrons. The molecule has 0 atom stereocenters. The van der Waals surface area contributed by atoms with Crippen molar-refractivity contribution in [2.75, 3.05) is 7.05 Å². The van der Waals surface area contributed by atoms with Gasteiger partial charge in [-0.3, -0.25) is 4.79 Å². The second-order valence-electron chi connectivity index (χ2n) is 5.36. The molecule has 24 heavy (non-hydrogen) atoms. The number of hydrogen-bond donors (Lipinski definition) is 1. The standard InChI is InChI=1S/C18H15N5O/c1-23(12-14-7-5-6-13(10-14)11-19)18(24)17-16(20-22-21-17)15-8-3-2-4-9-15/h2-10H,12H2,1H3,(H,20,21,22). The van der Waals surface area contributed by atoms with Crippen LogP contribution in [0, 0.1) is 11.3 Å². The maximum Gasteiger partial charge on any atom is 0.276 e. The molecule has 1 N–H and O–H groups in total. The van der Waals surface area contributed by atoms with Gasteiger partial charge in [0.15, 0.2) is 5.69 Å². The van der Waals surface area contributed by atoms with Gasteiger partial charge in [0.05, 0.1) is 11.6 Å². The molecule has 2 aromatic carbocycles. The van der Waals surface area contributed by atoms with Gasteiger partial charge in [0, 0.05) is 19.2 Å². The Morgan fingerprint density at radius 3 is 2.71 bits per heavy atom. The van der Waals surface area contributed by atoms with Gasteiger partial charge in [-0.1, -0.05) is 42.5 Å². The number of aromatic nitrogens is 3. The summed E-state index contributed by atoms with van der Waals surface area (Å²) in [6.07, 6.45) is 0. The molecule has 0 aliphatic carbocycles. The quantitative estimate of drug-likeness (QED) is 0.801. The van der Waals surface area contributed by atoms with Crippen LogP contribution in [0.3, 0.4) is 0 Å². The van der Waals surface area contributed by atoms with E-state index in [0.29, 0.717) is 17.8 Å². The normalized spacial score (nSPS) is 10.2. The molecule has 1 aromatic heterocycles. The Bertz CT molecular complexity index is 895. The lowest BCUT2D eigenvalue weighted by atomic mass is 10.1. The first-order valence-electron chi connectivity index (χ1n) is 7.39. The molecule has 6 heteroatoms. The van der Waals surface area contributed by atoms with Gasteiger partial charge in [0.1, 0.15) is 5.69 Å². The molecule has 1 amide bonds. The first-order chi connectivity index (χ1) is 11.7. The van der Waals surface area contributed by atoms with E-state index < -0.39 is 0 Å². The van der Waals surface area contributed by atoms with E-state index in [0.717, 1.165) is 11.1 Å². The third-order valence-electron chi connectivity index (χ3n) is 3.62. The zero-order valence-corrected chi connectivity index (χ0v) is 13.1. The number of aromatic amines is 1. The molecule has 0 saturated carbocycles. The highest BCUT2D eigenvalue weighted by Gasteiger charge is 2.21. The highest BCUT2D eigenvalue weighted by Crippen LogP contribution is 2.20. The Morgan fingerprint density at radius 2 is 1.96 bits per heavy atom. The largest absolute Gasteiger partial charge is 0.336 e. The first-order valence-corrected chi connectivity index (χ1v) is 7.39. The van der Waals surface area contributed by atoms with Crippen molar-refractivity contribution in [1.29, 1.82) is 5.26 Å². The van der Waals surface area contributed by atoms with Gasteiger partial charge in [-0.25, -0.2) is 0 Å². The fraction of sp³-hybridized carbons (Fsp3) is 0.111. The lowest BCUT2D eigenvalue weighted by Crippen LogP contribution is -2.27. The van der Waals surface area contributed by atoms with Crippen LogP contribution in [-0.4, -0.2) is 33.3 Å². The van der Waals surface area contributed by atoms with Crippen LogP contribution in [0.15, 0.2) is 54.6 Å². The summed E-state index contributed by atoms with van der Waals surface area (Å²) in [4.78, 5) is 14.3. The molecular formula is C18H15N5O. The van der Waals surface area contributed by atoms with Crippen LogP contribution in [0.2, 0.25) is 0 Å². The molecule has 118 valence electrons. The molecule has 0 unspecified atom stereocenters. The molecule has 0 saturated heterocycles. The minimum Gasteiger partial charge on any atom is -0.336 e. The molecule has 0 spiro atoms. The van der Waals surface area contributed by atoms with Crippen LogP contribution in [0.25, 0.3) is 11.3 Å². The molecular weight excluding hydrogens is 302 g/mol. The highest BCUT2D eigenvalue weighted by atomic mass is 16.2. The van der Waals surface area contributed by atoms with Crippen molar-refractivity contribution in [1.82, 2.24) is 20.3 Å². The van der Waals surface area contributed by atoms with Crippen molar-refractivity contribution in [2.45, 2.75) is 6.54 Å². The molecule has 0 aliphatic rings. The van der Waals surface area contributed by atoms with Gasteiger partial charge in [-0.2, -0.15) is 20.7 Å². The molecule has 0 fully saturated rings. The molecule has 6 nitrogen and oxygen atoms in total. The van der Waals surface area contributed by atoms with Crippen LogP contribution >= 0.6 is 0 Å². The summed E-state index contributed by atoms with van der Waals surface area (Å²) in [5, 5.41) is 19.6. The van der Waals surface area contributed by atoms with E-state index >= 15 is 0 Å². The van der Waals surface area contributed by atoms with Gasteiger partial charge in [0.2, 0.25) is 0 Å². The zero-order chi connectivity index (χ0) is 16.9. The number of hydrogen-bond acceptors (Lipinski definition) is 4. The van der Waals surface area contributed by atoms with Crippen molar-refractivity contribution in [3.8, 4) is 17.3 Å². The van der Waals surface area contributed by atoms with Gasteiger partial charge in [-0.05, 0) is 17.7 Å². The van der Waals surface area contributed by atoms with Gasteiger partial charge in [0.25, 0.3) is 5.91 Å². The number of carbonyl (C=O) groups is 1. The Morgan fingerprint density at radius 1 is 1.17 bits per heavy atom. The Balaban J connectivity index is 1.82. The van der Waals surface area contributed by atoms with Crippen LogP contribution in [0.4, 0.5) is 0 Å². The summed E-state index contributed by atoms with van der Waals surface area (Å²) < 4.78 is 0. The minimum atomic E-state index is -0.232. The van der Waals surface area contributed by atoms with Gasteiger partial charge in [-0.15, -0.1) is 0 Å². The van der Waals surface area contributed by atoms with Crippen LogP contribution < -0.4 is 0 Å². The van der Waals surface area contributed by atoms with Crippen molar-refractivity contribution in [3.63, 3.8) is 0 Å². The molecule has 3 rings (SSSR count).